The van der Waals surface area contributed by atoms with Crippen molar-refractivity contribution in [2.75, 3.05) is 13.1 Å². The first-order valence-corrected chi connectivity index (χ1v) is 7.76. The van der Waals surface area contributed by atoms with Gasteiger partial charge in [0.25, 0.3) is 5.91 Å². The summed E-state index contributed by atoms with van der Waals surface area (Å²) in [5.41, 5.74) is 0.0634. The van der Waals surface area contributed by atoms with Crippen LogP contribution in [0, 0.1) is 5.82 Å². The summed E-state index contributed by atoms with van der Waals surface area (Å²) in [5.74, 6) is -1.43. The standard InChI is InChI=1S/C12H16FN3O3S/c13-10-4-3-8(6-11(10)20(14,18)19)12(17)16-7-9-2-1-5-15-9/h3-4,6,9,15H,1-2,5,7H2,(H,16,17)(H2,14,18,19)/t9-/m0/s1. The van der Waals surface area contributed by atoms with Crippen molar-refractivity contribution in [1.29, 1.82) is 0 Å². The van der Waals surface area contributed by atoms with Crippen LogP contribution < -0.4 is 15.8 Å². The second-order valence-corrected chi connectivity index (χ2v) is 6.22. The van der Waals surface area contributed by atoms with Gasteiger partial charge in [-0.1, -0.05) is 0 Å². The van der Waals surface area contributed by atoms with E-state index in [9.17, 15) is 17.6 Å². The number of carbonyl (C=O) groups is 1. The van der Waals surface area contributed by atoms with Crippen molar-refractivity contribution in [1.82, 2.24) is 10.6 Å². The third-order valence-corrected chi connectivity index (χ3v) is 4.10. The smallest absolute Gasteiger partial charge is 0.251 e. The summed E-state index contributed by atoms with van der Waals surface area (Å²) in [7, 11) is -4.19. The van der Waals surface area contributed by atoms with Crippen LogP contribution in [-0.4, -0.2) is 33.5 Å². The molecule has 1 atom stereocenters. The summed E-state index contributed by atoms with van der Waals surface area (Å²) in [6.45, 7) is 1.37. The van der Waals surface area contributed by atoms with Gasteiger partial charge in [-0.3, -0.25) is 4.79 Å². The summed E-state index contributed by atoms with van der Waals surface area (Å²) < 4.78 is 35.7. The van der Waals surface area contributed by atoms with E-state index < -0.39 is 26.6 Å². The van der Waals surface area contributed by atoms with Crippen molar-refractivity contribution < 1.29 is 17.6 Å². The molecule has 1 aromatic carbocycles. The van der Waals surface area contributed by atoms with Gasteiger partial charge in [-0.15, -0.1) is 0 Å². The SMILES string of the molecule is NS(=O)(=O)c1cc(C(=O)NC[C@@H]2CCCN2)ccc1F. The number of sulfonamides is 1. The quantitative estimate of drug-likeness (QED) is 0.726. The van der Waals surface area contributed by atoms with Gasteiger partial charge in [0, 0.05) is 18.2 Å². The van der Waals surface area contributed by atoms with Crippen LogP contribution in [0.3, 0.4) is 0 Å². The zero-order valence-electron chi connectivity index (χ0n) is 10.7. The highest BCUT2D eigenvalue weighted by molar-refractivity contribution is 7.89. The lowest BCUT2D eigenvalue weighted by Crippen LogP contribution is -2.37. The Morgan fingerprint density at radius 2 is 2.25 bits per heavy atom. The molecule has 0 unspecified atom stereocenters. The second kappa shape index (κ2) is 5.86. The predicted octanol–water partition coefficient (Wildman–Crippen LogP) is -0.0451. The first-order valence-electron chi connectivity index (χ1n) is 6.22. The van der Waals surface area contributed by atoms with E-state index in [2.05, 4.69) is 10.6 Å². The van der Waals surface area contributed by atoms with Gasteiger partial charge in [-0.25, -0.2) is 17.9 Å². The molecule has 0 spiro atoms. The molecule has 0 aliphatic carbocycles. The van der Waals surface area contributed by atoms with Crippen LogP contribution in [0.4, 0.5) is 4.39 Å². The van der Waals surface area contributed by atoms with E-state index >= 15 is 0 Å². The first-order chi connectivity index (χ1) is 9.38. The van der Waals surface area contributed by atoms with Crippen LogP contribution in [0.5, 0.6) is 0 Å². The highest BCUT2D eigenvalue weighted by Gasteiger charge is 2.19. The number of hydrogen-bond donors (Lipinski definition) is 3. The molecule has 6 nitrogen and oxygen atoms in total. The van der Waals surface area contributed by atoms with E-state index in [1.165, 1.54) is 6.07 Å². The lowest BCUT2D eigenvalue weighted by atomic mass is 10.2. The molecule has 1 heterocycles. The molecule has 0 saturated carbocycles. The summed E-state index contributed by atoms with van der Waals surface area (Å²) in [5, 5.41) is 10.8. The Labute approximate surface area is 116 Å². The molecule has 4 N–H and O–H groups in total. The molecule has 2 rings (SSSR count). The number of amides is 1. The van der Waals surface area contributed by atoms with Crippen LogP contribution in [0.1, 0.15) is 23.2 Å². The highest BCUT2D eigenvalue weighted by atomic mass is 32.2. The molecule has 1 amide bonds. The summed E-state index contributed by atoms with van der Waals surface area (Å²) in [4.78, 5) is 11.2. The van der Waals surface area contributed by atoms with Crippen molar-refractivity contribution in [3.63, 3.8) is 0 Å². The lowest BCUT2D eigenvalue weighted by molar-refractivity contribution is 0.0950. The molecule has 0 radical (unpaired) electrons. The Morgan fingerprint density at radius 3 is 2.85 bits per heavy atom. The van der Waals surface area contributed by atoms with E-state index in [4.69, 9.17) is 5.14 Å². The van der Waals surface area contributed by atoms with Gasteiger partial charge >= 0.3 is 0 Å². The Bertz CT molecular complexity index is 612. The van der Waals surface area contributed by atoms with E-state index in [0.29, 0.717) is 6.54 Å². The Kier molecular flexibility index (Phi) is 4.36. The van der Waals surface area contributed by atoms with Crippen molar-refractivity contribution in [2.24, 2.45) is 5.14 Å². The van der Waals surface area contributed by atoms with E-state index in [0.717, 1.165) is 31.5 Å². The molecule has 1 aliphatic heterocycles. The summed E-state index contributed by atoms with van der Waals surface area (Å²) >= 11 is 0. The van der Waals surface area contributed by atoms with E-state index in [1.54, 1.807) is 0 Å². The average Bonchev–Trinajstić information content (AvgIpc) is 2.88. The lowest BCUT2D eigenvalue weighted by Gasteiger charge is -2.12. The number of nitrogens with one attached hydrogen (secondary N) is 2. The minimum absolute atomic E-state index is 0.0634. The molecule has 110 valence electrons. The van der Waals surface area contributed by atoms with Crippen molar-refractivity contribution >= 4 is 15.9 Å². The molecule has 1 aliphatic rings. The summed E-state index contributed by atoms with van der Waals surface area (Å²) in [6.07, 6.45) is 2.04. The third-order valence-electron chi connectivity index (χ3n) is 3.17. The maximum atomic E-state index is 13.4. The average molecular weight is 301 g/mol. The fourth-order valence-electron chi connectivity index (χ4n) is 2.11. The maximum Gasteiger partial charge on any atom is 0.251 e. The van der Waals surface area contributed by atoms with Crippen LogP contribution in [0.2, 0.25) is 0 Å². The maximum absolute atomic E-state index is 13.4. The zero-order valence-corrected chi connectivity index (χ0v) is 11.5. The second-order valence-electron chi connectivity index (χ2n) is 4.69. The minimum atomic E-state index is -4.19. The van der Waals surface area contributed by atoms with Crippen molar-refractivity contribution in [3.05, 3.63) is 29.6 Å². The van der Waals surface area contributed by atoms with Crippen molar-refractivity contribution in [3.8, 4) is 0 Å². The van der Waals surface area contributed by atoms with Crippen LogP contribution >= 0.6 is 0 Å². The van der Waals surface area contributed by atoms with Crippen LogP contribution in [0.15, 0.2) is 23.1 Å². The van der Waals surface area contributed by atoms with Crippen LogP contribution in [-0.2, 0) is 10.0 Å². The van der Waals surface area contributed by atoms with Gasteiger partial charge < -0.3 is 10.6 Å². The molecule has 1 fully saturated rings. The highest BCUT2D eigenvalue weighted by Crippen LogP contribution is 2.15. The number of rotatable bonds is 4. The predicted molar refractivity (Wildman–Crippen MR) is 71.1 cm³/mol. The Morgan fingerprint density at radius 1 is 1.50 bits per heavy atom. The number of nitrogens with two attached hydrogens (primary N) is 1. The third kappa shape index (κ3) is 3.53. The number of hydrogen-bond acceptors (Lipinski definition) is 4. The van der Waals surface area contributed by atoms with E-state index in [1.807, 2.05) is 0 Å². The van der Waals surface area contributed by atoms with Gasteiger partial charge in [-0.05, 0) is 37.6 Å². The molecule has 1 saturated heterocycles. The van der Waals surface area contributed by atoms with Gasteiger partial charge in [0.2, 0.25) is 10.0 Å². The fraction of sp³-hybridized carbons (Fsp3) is 0.417. The van der Waals surface area contributed by atoms with Gasteiger partial charge in [-0.2, -0.15) is 0 Å². The molecule has 0 aromatic heterocycles. The largest absolute Gasteiger partial charge is 0.350 e. The number of benzene rings is 1. The zero-order chi connectivity index (χ0) is 14.8. The fourth-order valence-corrected chi connectivity index (χ4v) is 2.74. The molecular formula is C12H16FN3O3S. The van der Waals surface area contributed by atoms with Crippen molar-refractivity contribution in [2.45, 2.75) is 23.8 Å². The first kappa shape index (κ1) is 14.9. The normalized spacial score (nSPS) is 19.0. The molecule has 0 bridgehead atoms. The van der Waals surface area contributed by atoms with E-state index in [-0.39, 0.29) is 11.6 Å². The van der Waals surface area contributed by atoms with Gasteiger partial charge in [0.05, 0.1) is 0 Å². The number of carbonyl (C=O) groups excluding carboxylic acids is 1. The molecule has 1 aromatic rings. The Balaban J connectivity index is 2.10. The van der Waals surface area contributed by atoms with Gasteiger partial charge in [0.1, 0.15) is 10.7 Å². The van der Waals surface area contributed by atoms with Crippen LogP contribution in [0.25, 0.3) is 0 Å². The molecular weight excluding hydrogens is 285 g/mol. The summed E-state index contributed by atoms with van der Waals surface area (Å²) in [6, 6.07) is 3.31. The number of halogens is 1. The minimum Gasteiger partial charge on any atom is -0.350 e. The monoisotopic (exact) mass is 301 g/mol. The number of primary sulfonamides is 1. The Hall–Kier alpha value is -1.51. The topological polar surface area (TPSA) is 101 Å². The molecule has 8 heteroatoms. The van der Waals surface area contributed by atoms with Gasteiger partial charge in [0.15, 0.2) is 0 Å². The molecule has 20 heavy (non-hydrogen) atoms.